The molecule has 0 saturated heterocycles. The molecule has 0 spiro atoms. The predicted octanol–water partition coefficient (Wildman–Crippen LogP) is 3.45. The van der Waals surface area contributed by atoms with E-state index in [0.717, 1.165) is 35.4 Å². The number of anilines is 1. The van der Waals surface area contributed by atoms with E-state index >= 15 is 0 Å². The summed E-state index contributed by atoms with van der Waals surface area (Å²) in [4.78, 5) is 23.5. The fraction of sp³-hybridized carbons (Fsp3) is 0.222. The molecule has 0 unspecified atom stereocenters. The van der Waals surface area contributed by atoms with Crippen LogP contribution in [0.15, 0.2) is 52.3 Å². The minimum absolute atomic E-state index is 0.201. The van der Waals surface area contributed by atoms with Crippen molar-refractivity contribution in [1.82, 2.24) is 9.97 Å². The zero-order valence-electron chi connectivity index (χ0n) is 13.3. The standard InChI is InChI=1S/C18H20N4O/c1-3-22(4-2)15-8-5-13(6-9-15)12-19-14-7-10-16-17(11-14)21-18(23)20-16/h5-12H,3-4H2,1-2H3,(H2,20,21,23). The van der Waals surface area contributed by atoms with E-state index in [1.165, 1.54) is 5.69 Å². The summed E-state index contributed by atoms with van der Waals surface area (Å²) in [5.41, 5.74) is 4.43. The van der Waals surface area contributed by atoms with Crippen LogP contribution in [0.4, 0.5) is 11.4 Å². The molecule has 0 saturated carbocycles. The first-order valence-electron chi connectivity index (χ1n) is 7.80. The summed E-state index contributed by atoms with van der Waals surface area (Å²) in [6, 6.07) is 13.9. The molecule has 0 fully saturated rings. The maximum atomic E-state index is 11.3. The first kappa shape index (κ1) is 15.1. The van der Waals surface area contributed by atoms with E-state index < -0.39 is 0 Å². The summed E-state index contributed by atoms with van der Waals surface area (Å²) in [6.45, 7) is 6.30. The first-order chi connectivity index (χ1) is 11.2. The third-order valence-corrected chi connectivity index (χ3v) is 3.88. The molecule has 5 nitrogen and oxygen atoms in total. The molecule has 0 aliphatic heterocycles. The third kappa shape index (κ3) is 3.34. The summed E-state index contributed by atoms with van der Waals surface area (Å²) in [5.74, 6) is 0. The first-order valence-corrected chi connectivity index (χ1v) is 7.80. The highest BCUT2D eigenvalue weighted by atomic mass is 16.1. The average molecular weight is 308 g/mol. The van der Waals surface area contributed by atoms with E-state index in [2.05, 4.69) is 58.0 Å². The van der Waals surface area contributed by atoms with E-state index in [0.29, 0.717) is 0 Å². The van der Waals surface area contributed by atoms with E-state index in [-0.39, 0.29) is 5.69 Å². The van der Waals surface area contributed by atoms with Crippen LogP contribution in [0.5, 0.6) is 0 Å². The Morgan fingerprint density at radius 3 is 2.39 bits per heavy atom. The van der Waals surface area contributed by atoms with Crippen LogP contribution in [0.25, 0.3) is 11.0 Å². The van der Waals surface area contributed by atoms with Crippen LogP contribution < -0.4 is 10.6 Å². The number of fused-ring (bicyclic) bond motifs is 1. The van der Waals surface area contributed by atoms with Crippen molar-refractivity contribution >= 4 is 28.6 Å². The van der Waals surface area contributed by atoms with Crippen LogP contribution in [-0.2, 0) is 0 Å². The van der Waals surface area contributed by atoms with Crippen molar-refractivity contribution in [2.24, 2.45) is 4.99 Å². The van der Waals surface area contributed by atoms with Crippen molar-refractivity contribution in [3.63, 3.8) is 0 Å². The van der Waals surface area contributed by atoms with Crippen LogP contribution >= 0.6 is 0 Å². The molecule has 1 heterocycles. The van der Waals surface area contributed by atoms with Gasteiger partial charge in [0.05, 0.1) is 16.7 Å². The molecule has 0 radical (unpaired) electrons. The Hall–Kier alpha value is -2.82. The van der Waals surface area contributed by atoms with Crippen LogP contribution in [0.3, 0.4) is 0 Å². The molecule has 1 aromatic heterocycles. The molecule has 0 atom stereocenters. The lowest BCUT2D eigenvalue weighted by atomic mass is 10.2. The summed E-state index contributed by atoms with van der Waals surface area (Å²) in [6.07, 6.45) is 1.83. The predicted molar refractivity (Wildman–Crippen MR) is 96.2 cm³/mol. The zero-order chi connectivity index (χ0) is 16.2. The molecule has 0 bridgehead atoms. The van der Waals surface area contributed by atoms with Crippen molar-refractivity contribution in [3.05, 3.63) is 58.5 Å². The number of nitrogens with one attached hydrogen (secondary N) is 2. The zero-order valence-corrected chi connectivity index (χ0v) is 13.3. The number of imidazole rings is 1. The van der Waals surface area contributed by atoms with Gasteiger partial charge < -0.3 is 14.9 Å². The Morgan fingerprint density at radius 2 is 1.70 bits per heavy atom. The number of nitrogens with zero attached hydrogens (tertiary/aromatic N) is 2. The molecular weight excluding hydrogens is 288 g/mol. The van der Waals surface area contributed by atoms with Gasteiger partial charge in [-0.3, -0.25) is 4.99 Å². The highest BCUT2D eigenvalue weighted by Gasteiger charge is 2.01. The Bertz CT molecular complexity index is 870. The van der Waals surface area contributed by atoms with Gasteiger partial charge in [0.1, 0.15) is 0 Å². The Kier molecular flexibility index (Phi) is 4.28. The lowest BCUT2D eigenvalue weighted by Crippen LogP contribution is -2.21. The van der Waals surface area contributed by atoms with Crippen molar-refractivity contribution in [2.75, 3.05) is 18.0 Å². The van der Waals surface area contributed by atoms with Gasteiger partial charge in [0.2, 0.25) is 0 Å². The molecule has 0 aliphatic rings. The topological polar surface area (TPSA) is 64.2 Å². The highest BCUT2D eigenvalue weighted by Crippen LogP contribution is 2.18. The largest absolute Gasteiger partial charge is 0.372 e. The molecule has 23 heavy (non-hydrogen) atoms. The van der Waals surface area contributed by atoms with E-state index in [1.54, 1.807) is 0 Å². The van der Waals surface area contributed by atoms with Crippen molar-refractivity contribution in [2.45, 2.75) is 13.8 Å². The number of rotatable bonds is 5. The van der Waals surface area contributed by atoms with Gasteiger partial charge in [0, 0.05) is 25.0 Å². The Morgan fingerprint density at radius 1 is 1.00 bits per heavy atom. The second kappa shape index (κ2) is 6.52. The molecule has 2 N–H and O–H groups in total. The average Bonchev–Trinajstić information content (AvgIpc) is 2.94. The SMILES string of the molecule is CCN(CC)c1ccc(C=Nc2ccc3[nH]c(=O)[nH]c3c2)cc1. The van der Waals surface area contributed by atoms with Gasteiger partial charge in [0.15, 0.2) is 0 Å². The van der Waals surface area contributed by atoms with Crippen LogP contribution in [0, 0.1) is 0 Å². The number of benzene rings is 2. The maximum absolute atomic E-state index is 11.3. The van der Waals surface area contributed by atoms with Crippen molar-refractivity contribution in [1.29, 1.82) is 0 Å². The van der Waals surface area contributed by atoms with Gasteiger partial charge in [-0.1, -0.05) is 12.1 Å². The molecule has 3 aromatic rings. The summed E-state index contributed by atoms with van der Waals surface area (Å²) in [7, 11) is 0. The molecule has 0 amide bonds. The number of H-pyrrole nitrogens is 2. The number of hydrogen-bond donors (Lipinski definition) is 2. The van der Waals surface area contributed by atoms with Gasteiger partial charge in [-0.05, 0) is 49.7 Å². The highest BCUT2D eigenvalue weighted by molar-refractivity contribution is 5.84. The smallest absolute Gasteiger partial charge is 0.323 e. The van der Waals surface area contributed by atoms with Gasteiger partial charge >= 0.3 is 5.69 Å². The van der Waals surface area contributed by atoms with E-state index in [1.807, 2.05) is 24.4 Å². The number of aromatic amines is 2. The summed E-state index contributed by atoms with van der Waals surface area (Å²) < 4.78 is 0. The van der Waals surface area contributed by atoms with Crippen molar-refractivity contribution in [3.8, 4) is 0 Å². The second-order valence-corrected chi connectivity index (χ2v) is 5.33. The third-order valence-electron chi connectivity index (χ3n) is 3.88. The summed E-state index contributed by atoms with van der Waals surface area (Å²) in [5, 5.41) is 0. The number of aliphatic imine (C=N–C) groups is 1. The monoisotopic (exact) mass is 308 g/mol. The van der Waals surface area contributed by atoms with Crippen molar-refractivity contribution < 1.29 is 0 Å². The van der Waals surface area contributed by atoms with Gasteiger partial charge in [-0.25, -0.2) is 4.79 Å². The van der Waals surface area contributed by atoms with Crippen LogP contribution in [-0.4, -0.2) is 29.3 Å². The molecule has 0 aliphatic carbocycles. The maximum Gasteiger partial charge on any atom is 0.323 e. The normalized spacial score (nSPS) is 11.4. The molecular formula is C18H20N4O. The summed E-state index contributed by atoms with van der Waals surface area (Å²) >= 11 is 0. The van der Waals surface area contributed by atoms with Gasteiger partial charge in [-0.15, -0.1) is 0 Å². The quantitative estimate of drug-likeness (QED) is 0.709. The van der Waals surface area contributed by atoms with Gasteiger partial charge in [0.25, 0.3) is 0 Å². The second-order valence-electron chi connectivity index (χ2n) is 5.33. The van der Waals surface area contributed by atoms with Crippen LogP contribution in [0.1, 0.15) is 19.4 Å². The molecule has 5 heteroatoms. The van der Waals surface area contributed by atoms with Gasteiger partial charge in [-0.2, -0.15) is 0 Å². The Balaban J connectivity index is 1.79. The molecule has 118 valence electrons. The lowest BCUT2D eigenvalue weighted by Gasteiger charge is -2.20. The fourth-order valence-electron chi connectivity index (χ4n) is 2.61. The van der Waals surface area contributed by atoms with E-state index in [9.17, 15) is 4.79 Å². The molecule has 3 rings (SSSR count). The van der Waals surface area contributed by atoms with Crippen LogP contribution in [0.2, 0.25) is 0 Å². The Labute approximate surface area is 134 Å². The number of aromatic nitrogens is 2. The molecule has 2 aromatic carbocycles. The minimum atomic E-state index is -0.201. The lowest BCUT2D eigenvalue weighted by molar-refractivity contribution is 0.866. The fourth-order valence-corrected chi connectivity index (χ4v) is 2.61. The number of hydrogen-bond acceptors (Lipinski definition) is 3. The minimum Gasteiger partial charge on any atom is -0.372 e. The van der Waals surface area contributed by atoms with E-state index in [4.69, 9.17) is 0 Å².